The molecule has 1 rings (SSSR count). The van der Waals surface area contributed by atoms with Gasteiger partial charge in [-0.3, -0.25) is 10.5 Å². The van der Waals surface area contributed by atoms with E-state index in [1.165, 1.54) is 0 Å². The number of carbonyl (C=O) groups excluding carboxylic acids is 1. The van der Waals surface area contributed by atoms with Gasteiger partial charge in [0.15, 0.2) is 5.72 Å². The van der Waals surface area contributed by atoms with E-state index in [2.05, 4.69) is 5.32 Å². The van der Waals surface area contributed by atoms with Crippen LogP contribution < -0.4 is 11.1 Å². The molecule has 13 heavy (non-hydrogen) atoms. The molecule has 2 atom stereocenters. The average molecular weight is 186 g/mol. The normalized spacial score (nSPS) is 26.8. The van der Waals surface area contributed by atoms with Crippen molar-refractivity contribution in [2.24, 2.45) is 5.73 Å². The molecule has 1 aliphatic heterocycles. The number of carbonyl (C=O) groups is 1. The molecule has 0 aliphatic carbocycles. The Morgan fingerprint density at radius 1 is 1.77 bits per heavy atom. The van der Waals surface area contributed by atoms with Crippen molar-refractivity contribution in [3.05, 3.63) is 0 Å². The summed E-state index contributed by atoms with van der Waals surface area (Å²) in [6, 6.07) is -0.144. The van der Waals surface area contributed by atoms with Gasteiger partial charge in [0, 0.05) is 0 Å². The van der Waals surface area contributed by atoms with E-state index in [-0.39, 0.29) is 12.0 Å². The average Bonchev–Trinajstić information content (AvgIpc) is 2.55. The number of ether oxygens (including phenoxy) is 1. The molecule has 1 fully saturated rings. The highest BCUT2D eigenvalue weighted by atomic mass is 16.6. The van der Waals surface area contributed by atoms with E-state index in [0.29, 0.717) is 6.42 Å². The minimum atomic E-state index is -0.818. The predicted molar refractivity (Wildman–Crippen MR) is 50.0 cm³/mol. The number of hydrogen-bond acceptors (Lipinski definition) is 4. The number of rotatable bonds is 3. The summed E-state index contributed by atoms with van der Waals surface area (Å²) in [6.07, 6.45) is 2.53. The number of nitrogens with one attached hydrogen (secondary N) is 1. The van der Waals surface area contributed by atoms with Crippen LogP contribution in [-0.2, 0) is 9.53 Å². The lowest BCUT2D eigenvalue weighted by Crippen LogP contribution is -2.45. The van der Waals surface area contributed by atoms with Crippen LogP contribution >= 0.6 is 0 Å². The van der Waals surface area contributed by atoms with Crippen LogP contribution in [0.4, 0.5) is 0 Å². The van der Waals surface area contributed by atoms with Gasteiger partial charge in [-0.1, -0.05) is 6.92 Å². The molecule has 0 bridgehead atoms. The molecule has 0 aromatic heterocycles. The third-order valence-corrected chi connectivity index (χ3v) is 2.38. The summed E-state index contributed by atoms with van der Waals surface area (Å²) in [6.45, 7) is 4.52. The lowest BCUT2D eigenvalue weighted by molar-refractivity contribution is -0.160. The molecule has 0 aromatic carbocycles. The maximum atomic E-state index is 11.5. The van der Waals surface area contributed by atoms with Gasteiger partial charge in [-0.2, -0.15) is 0 Å². The number of hydrogen-bond donors (Lipinski definition) is 2. The highest BCUT2D eigenvalue weighted by molar-refractivity contribution is 5.76. The van der Waals surface area contributed by atoms with Crippen LogP contribution in [0.25, 0.3) is 0 Å². The molecular formula is C9H18N2O2. The number of esters is 1. The Labute approximate surface area is 78.8 Å². The lowest BCUT2D eigenvalue weighted by Gasteiger charge is -2.24. The van der Waals surface area contributed by atoms with E-state index in [4.69, 9.17) is 10.5 Å². The van der Waals surface area contributed by atoms with Gasteiger partial charge in [0.1, 0.15) is 6.04 Å². The highest BCUT2D eigenvalue weighted by Gasteiger charge is 2.28. The molecule has 0 saturated carbocycles. The molecule has 0 radical (unpaired) electrons. The van der Waals surface area contributed by atoms with Crippen molar-refractivity contribution in [2.45, 2.75) is 44.9 Å². The third kappa shape index (κ3) is 2.97. The van der Waals surface area contributed by atoms with E-state index < -0.39 is 5.72 Å². The summed E-state index contributed by atoms with van der Waals surface area (Å²) in [5.41, 5.74) is 4.90. The standard InChI is InChI=1S/C9H18N2O2/c1-3-9(2,10)13-8(12)7-5-4-6-11-7/h7,11H,3-6,10H2,1-2H3/t7-,9?/m0/s1. The molecular weight excluding hydrogens is 168 g/mol. The second-order valence-electron chi connectivity index (χ2n) is 3.74. The van der Waals surface area contributed by atoms with Crippen LogP contribution in [0.2, 0.25) is 0 Å². The molecule has 1 saturated heterocycles. The first-order valence-corrected chi connectivity index (χ1v) is 4.80. The zero-order valence-electron chi connectivity index (χ0n) is 8.30. The Bertz CT molecular complexity index is 186. The lowest BCUT2D eigenvalue weighted by atomic mass is 10.2. The molecule has 1 unspecified atom stereocenters. The molecule has 0 amide bonds. The van der Waals surface area contributed by atoms with Crippen LogP contribution in [0.15, 0.2) is 0 Å². The fourth-order valence-corrected chi connectivity index (χ4v) is 1.26. The second kappa shape index (κ2) is 4.07. The monoisotopic (exact) mass is 186 g/mol. The first-order chi connectivity index (χ1) is 6.05. The molecule has 1 aliphatic rings. The smallest absolute Gasteiger partial charge is 0.324 e. The van der Waals surface area contributed by atoms with Gasteiger partial charge < -0.3 is 10.1 Å². The quantitative estimate of drug-likeness (QED) is 0.493. The van der Waals surface area contributed by atoms with Crippen molar-refractivity contribution in [2.75, 3.05) is 6.54 Å². The first kappa shape index (κ1) is 10.5. The van der Waals surface area contributed by atoms with Crippen LogP contribution in [0, 0.1) is 0 Å². The Morgan fingerprint density at radius 3 is 2.92 bits per heavy atom. The molecule has 4 nitrogen and oxygen atoms in total. The van der Waals surface area contributed by atoms with E-state index in [1.807, 2.05) is 6.92 Å². The maximum Gasteiger partial charge on any atom is 0.324 e. The molecule has 4 heteroatoms. The maximum absolute atomic E-state index is 11.5. The Balaban J connectivity index is 2.40. The van der Waals surface area contributed by atoms with Crippen molar-refractivity contribution in [3.8, 4) is 0 Å². The van der Waals surface area contributed by atoms with Gasteiger partial charge >= 0.3 is 5.97 Å². The second-order valence-corrected chi connectivity index (χ2v) is 3.74. The van der Waals surface area contributed by atoms with Crippen molar-refractivity contribution < 1.29 is 9.53 Å². The van der Waals surface area contributed by atoms with Crippen LogP contribution in [-0.4, -0.2) is 24.3 Å². The van der Waals surface area contributed by atoms with Crippen LogP contribution in [0.1, 0.15) is 33.1 Å². The van der Waals surface area contributed by atoms with Crippen molar-refractivity contribution in [1.82, 2.24) is 5.32 Å². The Morgan fingerprint density at radius 2 is 2.46 bits per heavy atom. The van der Waals surface area contributed by atoms with E-state index >= 15 is 0 Å². The number of nitrogens with two attached hydrogens (primary N) is 1. The van der Waals surface area contributed by atoms with Gasteiger partial charge in [-0.05, 0) is 32.7 Å². The SMILES string of the molecule is CCC(C)(N)OC(=O)[C@@H]1CCCN1. The molecule has 76 valence electrons. The predicted octanol–water partition coefficient (Wildman–Crippen LogP) is 0.366. The summed E-state index contributed by atoms with van der Waals surface area (Å²) in [5.74, 6) is -0.218. The van der Waals surface area contributed by atoms with Crippen molar-refractivity contribution in [3.63, 3.8) is 0 Å². The largest absolute Gasteiger partial charge is 0.443 e. The summed E-state index contributed by atoms with van der Waals surface area (Å²) < 4.78 is 5.15. The van der Waals surface area contributed by atoms with Gasteiger partial charge in [-0.25, -0.2) is 0 Å². The molecule has 1 heterocycles. The van der Waals surface area contributed by atoms with Gasteiger partial charge in [0.05, 0.1) is 0 Å². The summed E-state index contributed by atoms with van der Waals surface area (Å²) in [5, 5.41) is 3.07. The zero-order chi connectivity index (χ0) is 9.90. The minimum Gasteiger partial charge on any atom is -0.443 e. The first-order valence-electron chi connectivity index (χ1n) is 4.80. The van der Waals surface area contributed by atoms with Crippen LogP contribution in [0.3, 0.4) is 0 Å². The topological polar surface area (TPSA) is 64.3 Å². The molecule has 3 N–H and O–H groups in total. The molecule has 0 spiro atoms. The fraction of sp³-hybridized carbons (Fsp3) is 0.889. The zero-order valence-corrected chi connectivity index (χ0v) is 8.30. The van der Waals surface area contributed by atoms with Crippen molar-refractivity contribution >= 4 is 5.97 Å². The van der Waals surface area contributed by atoms with Gasteiger partial charge in [-0.15, -0.1) is 0 Å². The van der Waals surface area contributed by atoms with Gasteiger partial charge in [0.2, 0.25) is 0 Å². The fourth-order valence-electron chi connectivity index (χ4n) is 1.26. The van der Waals surface area contributed by atoms with Crippen LogP contribution in [0.5, 0.6) is 0 Å². The van der Waals surface area contributed by atoms with E-state index in [0.717, 1.165) is 19.4 Å². The third-order valence-electron chi connectivity index (χ3n) is 2.38. The van der Waals surface area contributed by atoms with E-state index in [9.17, 15) is 4.79 Å². The highest BCUT2D eigenvalue weighted by Crippen LogP contribution is 2.12. The van der Waals surface area contributed by atoms with E-state index in [1.54, 1.807) is 6.92 Å². The Hall–Kier alpha value is -0.610. The molecule has 0 aromatic rings. The summed E-state index contributed by atoms with van der Waals surface area (Å²) >= 11 is 0. The summed E-state index contributed by atoms with van der Waals surface area (Å²) in [4.78, 5) is 11.5. The summed E-state index contributed by atoms with van der Waals surface area (Å²) in [7, 11) is 0. The minimum absolute atomic E-state index is 0.144. The Kier molecular flexibility index (Phi) is 3.27. The van der Waals surface area contributed by atoms with Gasteiger partial charge in [0.25, 0.3) is 0 Å². The van der Waals surface area contributed by atoms with Crippen molar-refractivity contribution in [1.29, 1.82) is 0 Å².